The third kappa shape index (κ3) is 4.72. The first-order chi connectivity index (χ1) is 15.8. The zero-order valence-corrected chi connectivity index (χ0v) is 18.6. The van der Waals surface area contributed by atoms with Gasteiger partial charge in [-0.1, -0.05) is 31.9 Å². The minimum atomic E-state index is -0.657. The molecule has 1 N–H and O–H groups in total. The lowest BCUT2D eigenvalue weighted by atomic mass is 10.1. The van der Waals surface area contributed by atoms with E-state index in [1.165, 1.54) is 21.6 Å². The summed E-state index contributed by atoms with van der Waals surface area (Å²) in [6.07, 6.45) is 7.40. The second kappa shape index (κ2) is 9.02. The Kier molecular flexibility index (Phi) is 6.14. The highest BCUT2D eigenvalue weighted by molar-refractivity contribution is 6.05. The predicted octanol–water partition coefficient (Wildman–Crippen LogP) is 3.03. The van der Waals surface area contributed by atoms with Gasteiger partial charge in [0.25, 0.3) is 11.5 Å². The predicted molar refractivity (Wildman–Crippen MR) is 123 cm³/mol. The molecule has 0 spiro atoms. The van der Waals surface area contributed by atoms with Gasteiger partial charge in [-0.15, -0.1) is 6.42 Å². The van der Waals surface area contributed by atoms with Crippen molar-refractivity contribution in [2.24, 2.45) is 5.92 Å². The highest BCUT2D eigenvalue weighted by Gasteiger charge is 2.30. The number of carbonyl (C=O) groups is 1. The van der Waals surface area contributed by atoms with Crippen molar-refractivity contribution in [3.63, 3.8) is 0 Å². The number of aromatic amines is 1. The Labute approximate surface area is 190 Å². The molecule has 0 radical (unpaired) electrons. The molecule has 1 amide bonds. The van der Waals surface area contributed by atoms with Crippen LogP contribution in [0.3, 0.4) is 0 Å². The number of fused-ring (bicyclic) bond motifs is 1. The first-order valence-corrected chi connectivity index (χ1v) is 10.9. The first-order valence-electron chi connectivity index (χ1n) is 10.9. The second-order valence-electron chi connectivity index (χ2n) is 8.82. The summed E-state index contributed by atoms with van der Waals surface area (Å²) < 4.78 is 14.7. The van der Waals surface area contributed by atoms with E-state index >= 15 is 0 Å². The van der Waals surface area contributed by atoms with E-state index in [9.17, 15) is 18.8 Å². The lowest BCUT2D eigenvalue weighted by Crippen LogP contribution is -2.36. The van der Waals surface area contributed by atoms with E-state index in [4.69, 9.17) is 6.42 Å². The molecule has 2 aromatic heterocycles. The number of amides is 1. The molecule has 8 heteroatoms. The van der Waals surface area contributed by atoms with Crippen LogP contribution in [0.5, 0.6) is 0 Å². The highest BCUT2D eigenvalue weighted by Crippen LogP contribution is 2.40. The van der Waals surface area contributed by atoms with Crippen molar-refractivity contribution in [1.29, 1.82) is 0 Å². The Morgan fingerprint density at radius 2 is 2.00 bits per heavy atom. The number of pyridine rings is 1. The standard InChI is InChI=1S/C25H25FN4O3/c1-4-11-29(14-16-5-9-18(26)10-6-16)24(32)19-12-20(17-7-8-17)27-22-21(19)23(31)28-25(33)30(22)13-15(2)3/h1,5-6,9-10,12,15,17H,7-8,11,13-14H2,2-3H3,(H,28,31,33). The third-order valence-electron chi connectivity index (χ3n) is 5.60. The number of rotatable bonds is 7. The fourth-order valence-corrected chi connectivity index (χ4v) is 3.88. The molecule has 3 aromatic rings. The van der Waals surface area contributed by atoms with E-state index < -0.39 is 17.2 Å². The molecule has 0 aliphatic heterocycles. The third-order valence-corrected chi connectivity index (χ3v) is 5.60. The summed E-state index contributed by atoms with van der Waals surface area (Å²) in [5.74, 6) is 1.99. The number of nitrogens with zero attached hydrogens (tertiary/aromatic N) is 3. The van der Waals surface area contributed by atoms with Crippen LogP contribution in [0, 0.1) is 24.1 Å². The molecular weight excluding hydrogens is 423 g/mol. The number of H-pyrrole nitrogens is 1. The monoisotopic (exact) mass is 448 g/mol. The Balaban J connectivity index is 1.88. The van der Waals surface area contributed by atoms with Crippen LogP contribution in [-0.4, -0.2) is 31.9 Å². The van der Waals surface area contributed by atoms with E-state index in [0.717, 1.165) is 12.8 Å². The summed E-state index contributed by atoms with van der Waals surface area (Å²) in [6, 6.07) is 7.45. The highest BCUT2D eigenvalue weighted by atomic mass is 19.1. The number of nitrogens with one attached hydrogen (secondary N) is 1. The molecule has 1 aromatic carbocycles. The SMILES string of the molecule is C#CCN(Cc1ccc(F)cc1)C(=O)c1cc(C2CC2)nc2c1c(=O)[nH]c(=O)n2CC(C)C. The van der Waals surface area contributed by atoms with E-state index in [-0.39, 0.29) is 47.3 Å². The fraction of sp³-hybridized carbons (Fsp3) is 0.360. The van der Waals surface area contributed by atoms with Crippen LogP contribution >= 0.6 is 0 Å². The van der Waals surface area contributed by atoms with Crippen LogP contribution < -0.4 is 11.2 Å². The molecule has 0 saturated heterocycles. The van der Waals surface area contributed by atoms with E-state index in [0.29, 0.717) is 17.8 Å². The number of carbonyl (C=O) groups excluding carboxylic acids is 1. The van der Waals surface area contributed by atoms with Crippen LogP contribution in [0.4, 0.5) is 4.39 Å². The van der Waals surface area contributed by atoms with Crippen LogP contribution in [0.15, 0.2) is 39.9 Å². The van der Waals surface area contributed by atoms with Gasteiger partial charge >= 0.3 is 5.69 Å². The van der Waals surface area contributed by atoms with Crippen molar-refractivity contribution in [3.8, 4) is 12.3 Å². The van der Waals surface area contributed by atoms with Crippen molar-refractivity contribution in [2.45, 2.75) is 45.7 Å². The van der Waals surface area contributed by atoms with Crippen LogP contribution in [0.25, 0.3) is 11.0 Å². The van der Waals surface area contributed by atoms with Gasteiger partial charge in [-0.3, -0.25) is 19.1 Å². The number of hydrogen-bond donors (Lipinski definition) is 1. The van der Waals surface area contributed by atoms with Crippen LogP contribution in [0.1, 0.15) is 54.2 Å². The number of hydrogen-bond acceptors (Lipinski definition) is 4. The summed E-state index contributed by atoms with van der Waals surface area (Å²) in [6.45, 7) is 4.41. The van der Waals surface area contributed by atoms with Gasteiger partial charge in [0.2, 0.25) is 0 Å². The summed E-state index contributed by atoms with van der Waals surface area (Å²) in [4.78, 5) is 47.5. The maximum Gasteiger partial charge on any atom is 0.330 e. The van der Waals surface area contributed by atoms with Crippen molar-refractivity contribution < 1.29 is 9.18 Å². The zero-order valence-electron chi connectivity index (χ0n) is 18.6. The fourth-order valence-electron chi connectivity index (χ4n) is 3.88. The molecule has 0 bridgehead atoms. The molecular formula is C25H25FN4O3. The molecule has 7 nitrogen and oxygen atoms in total. The molecule has 1 saturated carbocycles. The Hall–Kier alpha value is -3.73. The minimum absolute atomic E-state index is 0.00231. The van der Waals surface area contributed by atoms with Gasteiger partial charge in [0.15, 0.2) is 5.65 Å². The lowest BCUT2D eigenvalue weighted by Gasteiger charge is -2.22. The topological polar surface area (TPSA) is 88.1 Å². The second-order valence-corrected chi connectivity index (χ2v) is 8.82. The van der Waals surface area contributed by atoms with Crippen molar-refractivity contribution in [3.05, 3.63) is 73.8 Å². The molecule has 170 valence electrons. The molecule has 2 heterocycles. The van der Waals surface area contributed by atoms with Gasteiger partial charge in [0, 0.05) is 24.7 Å². The number of aromatic nitrogens is 3. The maximum absolute atomic E-state index is 13.7. The summed E-state index contributed by atoms with van der Waals surface area (Å²) >= 11 is 0. The van der Waals surface area contributed by atoms with E-state index in [1.54, 1.807) is 18.2 Å². The molecule has 4 rings (SSSR count). The smallest absolute Gasteiger partial charge is 0.323 e. The van der Waals surface area contributed by atoms with Crippen molar-refractivity contribution in [1.82, 2.24) is 19.4 Å². The first kappa shape index (κ1) is 22.5. The van der Waals surface area contributed by atoms with E-state index in [2.05, 4.69) is 15.9 Å². The lowest BCUT2D eigenvalue weighted by molar-refractivity contribution is 0.0767. The quantitative estimate of drug-likeness (QED) is 0.563. The van der Waals surface area contributed by atoms with Crippen LogP contribution in [-0.2, 0) is 13.1 Å². The van der Waals surface area contributed by atoms with Gasteiger partial charge in [-0.05, 0) is 42.5 Å². The van der Waals surface area contributed by atoms with Gasteiger partial charge in [-0.25, -0.2) is 14.2 Å². The summed E-state index contributed by atoms with van der Waals surface area (Å²) in [5.41, 5.74) is 0.565. The normalized spacial score (nSPS) is 13.3. The molecule has 33 heavy (non-hydrogen) atoms. The van der Waals surface area contributed by atoms with Crippen molar-refractivity contribution >= 4 is 16.9 Å². The zero-order chi connectivity index (χ0) is 23.7. The van der Waals surface area contributed by atoms with E-state index in [1.807, 2.05) is 13.8 Å². The van der Waals surface area contributed by atoms with Gasteiger partial charge in [0.1, 0.15) is 5.82 Å². The molecule has 0 atom stereocenters. The van der Waals surface area contributed by atoms with Crippen LogP contribution in [0.2, 0.25) is 0 Å². The Morgan fingerprint density at radius 1 is 1.30 bits per heavy atom. The van der Waals surface area contributed by atoms with Gasteiger partial charge in [-0.2, -0.15) is 0 Å². The molecule has 1 fully saturated rings. The molecule has 1 aliphatic carbocycles. The summed E-state index contributed by atoms with van der Waals surface area (Å²) in [7, 11) is 0. The largest absolute Gasteiger partial charge is 0.330 e. The van der Waals surface area contributed by atoms with Gasteiger partial charge < -0.3 is 4.90 Å². The minimum Gasteiger partial charge on any atom is -0.323 e. The average Bonchev–Trinajstić information content (AvgIpc) is 3.62. The van der Waals surface area contributed by atoms with Gasteiger partial charge in [0.05, 0.1) is 17.5 Å². The number of terminal acetylenes is 1. The summed E-state index contributed by atoms with van der Waals surface area (Å²) in [5, 5.41) is 0.0748. The maximum atomic E-state index is 13.7. The molecule has 0 unspecified atom stereocenters. The molecule has 1 aliphatic rings. The number of benzene rings is 1. The Morgan fingerprint density at radius 3 is 2.61 bits per heavy atom. The Bertz CT molecular complexity index is 1360. The number of halogens is 1. The average molecular weight is 448 g/mol. The van der Waals surface area contributed by atoms with Crippen molar-refractivity contribution in [2.75, 3.05) is 6.54 Å².